The van der Waals surface area contributed by atoms with Crippen molar-refractivity contribution in [2.24, 2.45) is 0 Å². The van der Waals surface area contributed by atoms with Crippen LogP contribution >= 0.6 is 34.5 Å². The molecule has 4 rings (SSSR count). The summed E-state index contributed by atoms with van der Waals surface area (Å²) in [6, 6.07) is 23.0. The largest absolute Gasteiger partial charge is 0.489 e. The minimum Gasteiger partial charge on any atom is -0.489 e. The lowest BCUT2D eigenvalue weighted by atomic mass is 10.2. The molecule has 0 radical (unpaired) electrons. The van der Waals surface area contributed by atoms with Crippen LogP contribution in [0.25, 0.3) is 10.6 Å². The van der Waals surface area contributed by atoms with E-state index in [1.54, 1.807) is 29.5 Å². The SMILES string of the molecule is CN(Cc1ccccc1)C(=O)c1csc(-c2cccc(OCc3ccc(Cl)c(Cl)c3)c2)n1. The van der Waals surface area contributed by atoms with Crippen LogP contribution in [-0.2, 0) is 13.2 Å². The van der Waals surface area contributed by atoms with E-state index in [0.29, 0.717) is 34.6 Å². The summed E-state index contributed by atoms with van der Waals surface area (Å²) in [5.74, 6) is 0.598. The Morgan fingerprint density at radius 1 is 0.969 bits per heavy atom. The van der Waals surface area contributed by atoms with Gasteiger partial charge in [0, 0.05) is 24.5 Å². The van der Waals surface area contributed by atoms with E-state index in [4.69, 9.17) is 27.9 Å². The fraction of sp³-hybridized carbons (Fsp3) is 0.120. The third-order valence-electron chi connectivity index (χ3n) is 4.80. The van der Waals surface area contributed by atoms with Gasteiger partial charge in [-0.1, -0.05) is 71.7 Å². The van der Waals surface area contributed by atoms with E-state index in [2.05, 4.69) is 4.98 Å². The number of benzene rings is 3. The number of amides is 1. The molecule has 0 spiro atoms. The van der Waals surface area contributed by atoms with Crippen LogP contribution in [0.5, 0.6) is 5.75 Å². The highest BCUT2D eigenvalue weighted by Crippen LogP contribution is 2.28. The predicted octanol–water partition coefficient (Wildman–Crippen LogP) is 6.97. The van der Waals surface area contributed by atoms with E-state index < -0.39 is 0 Å². The van der Waals surface area contributed by atoms with Gasteiger partial charge in [0.1, 0.15) is 23.1 Å². The first-order valence-corrected chi connectivity index (χ1v) is 11.6. The van der Waals surface area contributed by atoms with Crippen molar-refractivity contribution in [1.82, 2.24) is 9.88 Å². The summed E-state index contributed by atoms with van der Waals surface area (Å²) in [5, 5.41) is 3.57. The fourth-order valence-electron chi connectivity index (χ4n) is 3.14. The summed E-state index contributed by atoms with van der Waals surface area (Å²) in [5.41, 5.74) is 3.33. The Hall–Kier alpha value is -2.86. The van der Waals surface area contributed by atoms with E-state index in [1.807, 2.05) is 60.7 Å². The second-order valence-electron chi connectivity index (χ2n) is 7.25. The van der Waals surface area contributed by atoms with Gasteiger partial charge in [-0.25, -0.2) is 4.98 Å². The predicted molar refractivity (Wildman–Crippen MR) is 131 cm³/mol. The molecule has 3 aromatic carbocycles. The summed E-state index contributed by atoms with van der Waals surface area (Å²) < 4.78 is 5.91. The lowest BCUT2D eigenvalue weighted by molar-refractivity contribution is 0.0780. The van der Waals surface area contributed by atoms with Crippen LogP contribution in [0.15, 0.2) is 78.2 Å². The minimum atomic E-state index is -0.108. The van der Waals surface area contributed by atoms with Crippen molar-refractivity contribution >= 4 is 40.4 Å². The van der Waals surface area contributed by atoms with Crippen molar-refractivity contribution in [2.75, 3.05) is 7.05 Å². The molecule has 4 nitrogen and oxygen atoms in total. The molecule has 0 aliphatic rings. The van der Waals surface area contributed by atoms with Gasteiger partial charge in [0.15, 0.2) is 0 Å². The third-order valence-corrected chi connectivity index (χ3v) is 6.43. The fourth-order valence-corrected chi connectivity index (χ4v) is 4.26. The number of aromatic nitrogens is 1. The van der Waals surface area contributed by atoms with Gasteiger partial charge in [0.25, 0.3) is 5.91 Å². The molecule has 7 heteroatoms. The van der Waals surface area contributed by atoms with Gasteiger partial charge < -0.3 is 9.64 Å². The number of carbonyl (C=O) groups excluding carboxylic acids is 1. The normalized spacial score (nSPS) is 10.7. The van der Waals surface area contributed by atoms with Gasteiger partial charge in [-0.05, 0) is 35.4 Å². The highest BCUT2D eigenvalue weighted by molar-refractivity contribution is 7.13. The molecule has 0 aliphatic heterocycles. The van der Waals surface area contributed by atoms with Gasteiger partial charge in [-0.3, -0.25) is 4.79 Å². The Labute approximate surface area is 201 Å². The number of thiazole rings is 1. The molecule has 0 bridgehead atoms. The first-order chi connectivity index (χ1) is 15.5. The van der Waals surface area contributed by atoms with Crippen LogP contribution in [0, 0.1) is 0 Å². The molecule has 0 unspecified atom stereocenters. The molecular weight excluding hydrogens is 463 g/mol. The van der Waals surface area contributed by atoms with Crippen molar-refractivity contribution in [3.8, 4) is 16.3 Å². The molecule has 0 fully saturated rings. The second kappa shape index (κ2) is 10.2. The van der Waals surface area contributed by atoms with Crippen LogP contribution in [0.3, 0.4) is 0 Å². The molecule has 4 aromatic rings. The highest BCUT2D eigenvalue weighted by atomic mass is 35.5. The monoisotopic (exact) mass is 482 g/mol. The molecule has 162 valence electrons. The molecule has 1 aromatic heterocycles. The van der Waals surface area contributed by atoms with Crippen LogP contribution < -0.4 is 4.74 Å². The zero-order valence-electron chi connectivity index (χ0n) is 17.3. The Bertz CT molecular complexity index is 1230. The number of hydrogen-bond donors (Lipinski definition) is 0. The first kappa shape index (κ1) is 22.3. The van der Waals surface area contributed by atoms with Crippen LogP contribution in [0.4, 0.5) is 0 Å². The second-order valence-corrected chi connectivity index (χ2v) is 8.92. The molecule has 0 aliphatic carbocycles. The average Bonchev–Trinajstić information content (AvgIpc) is 3.30. The van der Waals surface area contributed by atoms with Crippen molar-refractivity contribution in [3.63, 3.8) is 0 Å². The van der Waals surface area contributed by atoms with Crippen LogP contribution in [-0.4, -0.2) is 22.8 Å². The number of rotatable bonds is 7. The molecule has 1 amide bonds. The van der Waals surface area contributed by atoms with Crippen molar-refractivity contribution in [1.29, 1.82) is 0 Å². The summed E-state index contributed by atoms with van der Waals surface area (Å²) in [6.45, 7) is 0.900. The number of hydrogen-bond acceptors (Lipinski definition) is 4. The number of halogens is 2. The number of ether oxygens (including phenoxy) is 1. The van der Waals surface area contributed by atoms with Crippen molar-refractivity contribution in [2.45, 2.75) is 13.2 Å². The number of carbonyl (C=O) groups is 1. The van der Waals surface area contributed by atoms with E-state index in [0.717, 1.165) is 21.7 Å². The van der Waals surface area contributed by atoms with Crippen LogP contribution in [0.2, 0.25) is 10.0 Å². The Kier molecular flexibility index (Phi) is 7.10. The summed E-state index contributed by atoms with van der Waals surface area (Å²) in [6.07, 6.45) is 0. The molecule has 0 saturated carbocycles. The van der Waals surface area contributed by atoms with Gasteiger partial charge in [0.2, 0.25) is 0 Å². The lowest BCUT2D eigenvalue weighted by Crippen LogP contribution is -2.26. The number of nitrogens with zero attached hydrogens (tertiary/aromatic N) is 2. The molecule has 1 heterocycles. The van der Waals surface area contributed by atoms with Crippen molar-refractivity contribution < 1.29 is 9.53 Å². The van der Waals surface area contributed by atoms with Gasteiger partial charge in [-0.2, -0.15) is 0 Å². The summed E-state index contributed by atoms with van der Waals surface area (Å²) in [7, 11) is 1.78. The molecule has 0 saturated heterocycles. The standard InChI is InChI=1S/C25H20Cl2N2O2S/c1-29(14-17-6-3-2-4-7-17)25(30)23-16-32-24(28-23)19-8-5-9-20(13-19)31-15-18-10-11-21(26)22(27)12-18/h2-13,16H,14-15H2,1H3. The molecular formula is C25H20Cl2N2O2S. The average molecular weight is 483 g/mol. The van der Waals surface area contributed by atoms with E-state index in [9.17, 15) is 4.79 Å². The van der Waals surface area contributed by atoms with Crippen LogP contribution in [0.1, 0.15) is 21.6 Å². The molecule has 32 heavy (non-hydrogen) atoms. The maximum absolute atomic E-state index is 12.8. The first-order valence-electron chi connectivity index (χ1n) is 9.91. The highest BCUT2D eigenvalue weighted by Gasteiger charge is 2.16. The third kappa shape index (κ3) is 5.49. The maximum Gasteiger partial charge on any atom is 0.273 e. The Morgan fingerprint density at radius 3 is 2.56 bits per heavy atom. The van der Waals surface area contributed by atoms with E-state index >= 15 is 0 Å². The Balaban J connectivity index is 1.43. The Morgan fingerprint density at radius 2 is 1.78 bits per heavy atom. The minimum absolute atomic E-state index is 0.108. The topological polar surface area (TPSA) is 42.4 Å². The van der Waals surface area contributed by atoms with E-state index in [-0.39, 0.29) is 5.91 Å². The smallest absolute Gasteiger partial charge is 0.273 e. The summed E-state index contributed by atoms with van der Waals surface area (Å²) >= 11 is 13.5. The lowest BCUT2D eigenvalue weighted by Gasteiger charge is -2.15. The van der Waals surface area contributed by atoms with Crippen molar-refractivity contribution in [3.05, 3.63) is 105 Å². The van der Waals surface area contributed by atoms with Gasteiger partial charge in [-0.15, -0.1) is 11.3 Å². The summed E-state index contributed by atoms with van der Waals surface area (Å²) in [4.78, 5) is 19.0. The molecule has 0 N–H and O–H groups in total. The molecule has 0 atom stereocenters. The quantitative estimate of drug-likeness (QED) is 0.285. The zero-order chi connectivity index (χ0) is 22.5. The van der Waals surface area contributed by atoms with Gasteiger partial charge in [0.05, 0.1) is 10.0 Å². The van der Waals surface area contributed by atoms with E-state index in [1.165, 1.54) is 11.3 Å². The maximum atomic E-state index is 12.8. The zero-order valence-corrected chi connectivity index (χ0v) is 19.6. The van der Waals surface area contributed by atoms with Gasteiger partial charge >= 0.3 is 0 Å².